The fourth-order valence-electron chi connectivity index (χ4n) is 3.94. The molecule has 0 saturated carbocycles. The van der Waals surface area contributed by atoms with E-state index in [0.717, 1.165) is 12.8 Å². The number of hydrogen-bond donors (Lipinski definition) is 2. The molecule has 0 aliphatic carbocycles. The number of nitrogens with one attached hydrogen (secondary N) is 2. The Morgan fingerprint density at radius 2 is 1.97 bits per heavy atom. The highest BCUT2D eigenvalue weighted by Gasteiger charge is 2.27. The molecule has 3 rings (SSSR count). The van der Waals surface area contributed by atoms with Crippen molar-refractivity contribution in [2.24, 2.45) is 5.92 Å². The first-order valence-electron chi connectivity index (χ1n) is 11.2. The van der Waals surface area contributed by atoms with Crippen molar-refractivity contribution in [3.63, 3.8) is 0 Å². The summed E-state index contributed by atoms with van der Waals surface area (Å²) in [6.45, 7) is 6.84. The topological polar surface area (TPSA) is 112 Å². The Morgan fingerprint density at radius 1 is 1.24 bits per heavy atom. The zero-order valence-corrected chi connectivity index (χ0v) is 19.6. The molecule has 178 valence electrons. The minimum atomic E-state index is -0.589. The van der Waals surface area contributed by atoms with E-state index in [0.29, 0.717) is 30.5 Å². The third kappa shape index (κ3) is 6.34. The van der Waals surface area contributed by atoms with Gasteiger partial charge < -0.3 is 24.8 Å². The van der Waals surface area contributed by atoms with Gasteiger partial charge in [-0.1, -0.05) is 12.1 Å². The maximum absolute atomic E-state index is 12.7. The van der Waals surface area contributed by atoms with Crippen LogP contribution >= 0.6 is 0 Å². The van der Waals surface area contributed by atoms with E-state index >= 15 is 0 Å². The summed E-state index contributed by atoms with van der Waals surface area (Å²) in [5.41, 5.74) is -0.328. The Balaban J connectivity index is 1.54. The maximum Gasteiger partial charge on any atom is 0.410 e. The summed E-state index contributed by atoms with van der Waals surface area (Å²) in [5.74, 6) is -0.682. The summed E-state index contributed by atoms with van der Waals surface area (Å²) in [6.07, 6.45) is 2.69. The molecule has 1 fully saturated rings. The Morgan fingerprint density at radius 3 is 2.70 bits per heavy atom. The van der Waals surface area contributed by atoms with Crippen molar-refractivity contribution in [1.29, 1.82) is 0 Å². The van der Waals surface area contributed by atoms with Crippen LogP contribution < -0.4 is 10.7 Å². The Kier molecular flexibility index (Phi) is 7.40. The van der Waals surface area contributed by atoms with Crippen molar-refractivity contribution < 1.29 is 19.1 Å². The number of carbonyl (C=O) groups is 3. The van der Waals surface area contributed by atoms with Gasteiger partial charge in [0.15, 0.2) is 0 Å². The number of para-hydroxylation sites is 1. The van der Waals surface area contributed by atoms with E-state index in [1.165, 1.54) is 11.1 Å². The molecule has 1 saturated heterocycles. The van der Waals surface area contributed by atoms with Crippen LogP contribution in [0.15, 0.2) is 35.3 Å². The molecule has 2 N–H and O–H groups in total. The summed E-state index contributed by atoms with van der Waals surface area (Å²) in [5, 5.41) is 2.99. The normalized spacial score (nSPS) is 16.4. The molecule has 1 aromatic carbocycles. The molecule has 9 nitrogen and oxygen atoms in total. The molecular weight excluding hydrogens is 424 g/mol. The van der Waals surface area contributed by atoms with Gasteiger partial charge in [-0.15, -0.1) is 0 Å². The van der Waals surface area contributed by atoms with Crippen molar-refractivity contribution in [3.05, 3.63) is 46.2 Å². The minimum Gasteiger partial charge on any atom is -0.444 e. The van der Waals surface area contributed by atoms with Gasteiger partial charge in [-0.25, -0.2) is 4.79 Å². The van der Waals surface area contributed by atoms with Gasteiger partial charge in [0.2, 0.25) is 11.3 Å². The number of H-pyrrole nitrogens is 1. The van der Waals surface area contributed by atoms with Crippen LogP contribution in [0.1, 0.15) is 44.0 Å². The summed E-state index contributed by atoms with van der Waals surface area (Å²) >= 11 is 0. The Bertz CT molecular complexity index is 1090. The smallest absolute Gasteiger partial charge is 0.410 e. The molecule has 1 atom stereocenters. The van der Waals surface area contributed by atoms with E-state index in [2.05, 4.69) is 10.3 Å². The van der Waals surface area contributed by atoms with E-state index in [-0.39, 0.29) is 35.5 Å². The zero-order valence-electron chi connectivity index (χ0n) is 19.6. The molecule has 0 bridgehead atoms. The number of nitrogens with zero attached hydrogens (tertiary/aromatic N) is 2. The van der Waals surface area contributed by atoms with Crippen LogP contribution in [0.2, 0.25) is 0 Å². The minimum absolute atomic E-state index is 0.0305. The quantitative estimate of drug-likeness (QED) is 0.717. The molecule has 2 aromatic rings. The third-order valence-electron chi connectivity index (χ3n) is 5.54. The van der Waals surface area contributed by atoms with E-state index < -0.39 is 11.5 Å². The number of aromatic amines is 1. The second-order valence-corrected chi connectivity index (χ2v) is 9.47. The van der Waals surface area contributed by atoms with E-state index in [1.807, 2.05) is 20.8 Å². The molecule has 2 heterocycles. The number of pyridine rings is 1. The van der Waals surface area contributed by atoms with Gasteiger partial charge >= 0.3 is 6.09 Å². The third-order valence-corrected chi connectivity index (χ3v) is 5.54. The van der Waals surface area contributed by atoms with Gasteiger partial charge in [0.05, 0.1) is 6.54 Å². The van der Waals surface area contributed by atoms with E-state index in [9.17, 15) is 19.2 Å². The van der Waals surface area contributed by atoms with Gasteiger partial charge in [-0.05, 0) is 51.7 Å². The fraction of sp³-hybridized carbons (Fsp3) is 0.500. The molecule has 1 aliphatic heterocycles. The largest absolute Gasteiger partial charge is 0.444 e. The zero-order chi connectivity index (χ0) is 24.2. The first-order chi connectivity index (χ1) is 15.5. The van der Waals surface area contributed by atoms with Crippen LogP contribution in [-0.2, 0) is 9.53 Å². The lowest BCUT2D eigenvalue weighted by Gasteiger charge is -2.35. The molecular formula is C24H32N4O5. The number of hydrogen-bond acceptors (Lipinski definition) is 5. The lowest BCUT2D eigenvalue weighted by atomic mass is 9.97. The van der Waals surface area contributed by atoms with Gasteiger partial charge in [0, 0.05) is 43.8 Å². The van der Waals surface area contributed by atoms with Crippen LogP contribution in [0, 0.1) is 5.92 Å². The Hall–Kier alpha value is -3.36. The van der Waals surface area contributed by atoms with Crippen molar-refractivity contribution in [3.8, 4) is 0 Å². The van der Waals surface area contributed by atoms with Crippen LogP contribution in [0.25, 0.3) is 10.9 Å². The first kappa shape index (κ1) is 24.3. The number of amides is 3. The highest BCUT2D eigenvalue weighted by molar-refractivity contribution is 5.98. The number of ether oxygens (including phenoxy) is 1. The fourth-order valence-corrected chi connectivity index (χ4v) is 3.94. The second kappa shape index (κ2) is 10.1. The van der Waals surface area contributed by atoms with E-state index in [1.54, 1.807) is 36.2 Å². The van der Waals surface area contributed by atoms with Gasteiger partial charge in [0.25, 0.3) is 5.91 Å². The monoisotopic (exact) mass is 456 g/mol. The highest BCUT2D eigenvalue weighted by atomic mass is 16.6. The average Bonchev–Trinajstić information content (AvgIpc) is 2.76. The Labute approximate surface area is 193 Å². The van der Waals surface area contributed by atoms with Gasteiger partial charge in [0.1, 0.15) is 11.2 Å². The molecule has 0 spiro atoms. The van der Waals surface area contributed by atoms with Crippen LogP contribution in [0.3, 0.4) is 0 Å². The van der Waals surface area contributed by atoms with Crippen molar-refractivity contribution in [2.45, 2.75) is 39.2 Å². The number of benzene rings is 1. The first-order valence-corrected chi connectivity index (χ1v) is 11.2. The molecule has 33 heavy (non-hydrogen) atoms. The highest BCUT2D eigenvalue weighted by Crippen LogP contribution is 2.19. The van der Waals surface area contributed by atoms with E-state index in [4.69, 9.17) is 4.74 Å². The number of fused-ring (bicyclic) bond motifs is 1. The maximum atomic E-state index is 12.7. The summed E-state index contributed by atoms with van der Waals surface area (Å²) in [4.78, 5) is 56.2. The summed E-state index contributed by atoms with van der Waals surface area (Å²) in [7, 11) is 1.69. The van der Waals surface area contributed by atoms with Gasteiger partial charge in [-0.2, -0.15) is 0 Å². The number of likely N-dealkylation sites (tertiary alicyclic amines) is 1. The van der Waals surface area contributed by atoms with Crippen molar-refractivity contribution in [1.82, 2.24) is 20.1 Å². The van der Waals surface area contributed by atoms with Crippen molar-refractivity contribution in [2.75, 3.05) is 33.2 Å². The molecule has 1 unspecified atom stereocenters. The standard InChI is InChI=1S/C24H32N4O5/c1-24(2,3)33-23(32)27(4)14-16-8-7-11-28(15-16)20(29)13-26-22(31)18-12-25-19-10-6-5-9-17(19)21(18)30/h5-6,9-10,12,16H,7-8,11,13-15H2,1-4H3,(H,25,30)(H,26,31). The number of aromatic nitrogens is 1. The number of piperidine rings is 1. The predicted molar refractivity (Wildman–Crippen MR) is 125 cm³/mol. The van der Waals surface area contributed by atoms with Crippen LogP contribution in [0.4, 0.5) is 4.79 Å². The predicted octanol–water partition coefficient (Wildman–Crippen LogP) is 2.36. The number of carbonyl (C=O) groups excluding carboxylic acids is 3. The molecule has 9 heteroatoms. The van der Waals surface area contributed by atoms with Gasteiger partial charge in [-0.3, -0.25) is 14.4 Å². The SMILES string of the molecule is CN(CC1CCCN(C(=O)CNC(=O)c2c[nH]c3ccccc3c2=O)C1)C(=O)OC(C)(C)C. The average molecular weight is 457 g/mol. The number of rotatable bonds is 5. The van der Waals surface area contributed by atoms with Crippen LogP contribution in [0.5, 0.6) is 0 Å². The molecule has 3 amide bonds. The molecule has 1 aromatic heterocycles. The van der Waals surface area contributed by atoms with Crippen LogP contribution in [-0.4, -0.2) is 71.5 Å². The van der Waals surface area contributed by atoms with Crippen molar-refractivity contribution >= 4 is 28.8 Å². The molecule has 1 aliphatic rings. The summed E-state index contributed by atoms with van der Waals surface area (Å²) in [6, 6.07) is 6.94. The summed E-state index contributed by atoms with van der Waals surface area (Å²) < 4.78 is 5.39. The lowest BCUT2D eigenvalue weighted by molar-refractivity contribution is -0.132. The lowest BCUT2D eigenvalue weighted by Crippen LogP contribution is -2.48. The molecule has 0 radical (unpaired) electrons. The second-order valence-electron chi connectivity index (χ2n) is 9.47.